The van der Waals surface area contributed by atoms with Crippen LogP contribution in [0.15, 0.2) is 87.9 Å². The third-order valence-electron chi connectivity index (χ3n) is 23.3. The summed E-state index contributed by atoms with van der Waals surface area (Å²) in [5.41, 5.74) is 17.8. The van der Waals surface area contributed by atoms with Gasteiger partial charge in [-0.15, -0.1) is 5.10 Å². The zero-order valence-electron chi connectivity index (χ0n) is 72.2. The topological polar surface area (TPSA) is 417 Å². The Morgan fingerprint density at radius 2 is 1.45 bits per heavy atom. The number of allylic oxidation sites excluding steroid dienone is 5. The molecule has 3 fully saturated rings. The van der Waals surface area contributed by atoms with Crippen molar-refractivity contribution in [3.63, 3.8) is 0 Å². The highest BCUT2D eigenvalue weighted by atomic mass is 16.6. The fourth-order valence-electron chi connectivity index (χ4n) is 16.3. The number of aliphatic hydroxyl groups excluding tert-OH is 2. The van der Waals surface area contributed by atoms with E-state index in [0.29, 0.717) is 214 Å². The number of anilines is 2. The number of nitrogen functional groups attached to an aromatic ring is 2. The van der Waals surface area contributed by atoms with Gasteiger partial charge in [-0.3, -0.25) is 14.4 Å². The summed E-state index contributed by atoms with van der Waals surface area (Å²) >= 11 is 0. The first kappa shape index (κ1) is 96.0. The highest BCUT2D eigenvalue weighted by Crippen LogP contribution is 2.40. The van der Waals surface area contributed by atoms with E-state index >= 15 is 0 Å². The Labute approximate surface area is 704 Å². The van der Waals surface area contributed by atoms with Gasteiger partial charge in [0.05, 0.1) is 134 Å². The molecule has 7 heterocycles. The van der Waals surface area contributed by atoms with E-state index in [-0.39, 0.29) is 73.5 Å². The number of methoxy groups -OCH3 is 4. The number of unbranched alkanes of at least 4 members (excludes halogenated alkanes) is 2. The highest BCUT2D eigenvalue weighted by molar-refractivity contribution is 6.39. The van der Waals surface area contributed by atoms with Gasteiger partial charge in [-0.2, -0.15) is 10.1 Å². The van der Waals surface area contributed by atoms with E-state index in [1.165, 1.54) is 18.3 Å². The first-order chi connectivity index (χ1) is 57.9. The maximum Gasteiger partial charge on any atom is 0.329 e. The summed E-state index contributed by atoms with van der Waals surface area (Å²) in [6.45, 7) is 19.3. The molecule has 2 saturated heterocycles. The van der Waals surface area contributed by atoms with Crippen LogP contribution in [-0.4, -0.2) is 264 Å². The van der Waals surface area contributed by atoms with Crippen LogP contribution in [0, 0.1) is 35.5 Å². The van der Waals surface area contributed by atoms with E-state index in [1.807, 2.05) is 81.8 Å². The number of ketones is 2. The lowest BCUT2D eigenvalue weighted by Crippen LogP contribution is -2.61. The second-order valence-corrected chi connectivity index (χ2v) is 32.4. The van der Waals surface area contributed by atoms with Crippen molar-refractivity contribution in [2.75, 3.05) is 126 Å². The van der Waals surface area contributed by atoms with E-state index in [4.69, 9.17) is 87.8 Å². The van der Waals surface area contributed by atoms with E-state index in [9.17, 15) is 34.5 Å². The lowest BCUT2D eigenvalue weighted by atomic mass is 9.78. The van der Waals surface area contributed by atoms with E-state index < -0.39 is 78.1 Å². The summed E-state index contributed by atoms with van der Waals surface area (Å²) in [6, 6.07) is 4.50. The molecule has 33 heteroatoms. The molecule has 666 valence electrons. The summed E-state index contributed by atoms with van der Waals surface area (Å²) in [4.78, 5) is 76.8. The molecule has 4 aromatic heterocycles. The number of carbonyl (C=O) groups excluding carboxylic acids is 4. The standard InChI is InChI=1S/C87H132N12O21/c1-56-20-14-12-15-21-57(2)72(107-8)51-67-27-24-62(7)87(106,120-67)81(103)84(104)98-31-19-17-23-69(98)85(105)118-74(59(4)48-63-25-28-70(101)75(49-63)109-10)52-73(108-9)58(3)47-61(6)79(102)80(110-11)77(60(5)46-56)95-117-54-65-53-97(96-93-65)33-35-112-37-39-114-41-43-116-45-44-115-42-40-113-38-36-111-34-30-66(100)22-16-13-18-32-99-83-76(82(88)90-55-91-83)78(94-99)64-26-29-71-68(50-64)92-86(89)119-71/h12,14-15,20-21,26,29,47,50,53,55-56,58-60,62-63,67,69-70,72-75,79-80,101-102,106H,13,16-19,22-25,27-28,30-46,48-49,51-52,54H2,1-11H3,(H2,89,92)(H2,88,90,91)/b15-12+,20-14+,57-21+,61-47+,95-77-/t56-,58-,59-,60-,62-,63+,67+,69+,70-,72+,73-,74?,75-,79-,80+,87-/m1/s1. The number of rotatable bonds is 38. The number of Topliss-reactive ketones (excluding diaryl/α,β-unsaturated/α-hetero) is 2. The molecule has 5 aromatic rings. The summed E-state index contributed by atoms with van der Waals surface area (Å²) in [5, 5.41) is 54.2. The monoisotopic (exact) mass is 1680 g/mol. The number of piperidine rings is 1. The number of nitrogens with two attached hydrogens (primary N) is 2. The van der Waals surface area contributed by atoms with Crippen LogP contribution >= 0.6 is 0 Å². The second-order valence-electron chi connectivity index (χ2n) is 32.4. The number of aryl methyl sites for hydroxylation is 1. The first-order valence-corrected chi connectivity index (χ1v) is 42.8. The Balaban J connectivity index is 0.691. The summed E-state index contributed by atoms with van der Waals surface area (Å²) in [6.07, 6.45) is 18.8. The van der Waals surface area contributed by atoms with Gasteiger partial charge in [0.15, 0.2) is 17.8 Å². The van der Waals surface area contributed by atoms with Gasteiger partial charge in [-0.1, -0.05) is 87.9 Å². The molecule has 33 nitrogen and oxygen atoms in total. The predicted molar refractivity (Wildman–Crippen MR) is 448 cm³/mol. The molecule has 120 heavy (non-hydrogen) atoms. The quantitative estimate of drug-likeness (QED) is 0.00806. The van der Waals surface area contributed by atoms with Gasteiger partial charge in [-0.05, 0) is 138 Å². The first-order valence-electron chi connectivity index (χ1n) is 42.8. The Kier molecular flexibility index (Phi) is 39.5. The fraction of sp³-hybridized carbons (Fsp3) is 0.690. The molecule has 9 rings (SSSR count). The van der Waals surface area contributed by atoms with Gasteiger partial charge < -0.3 is 97.8 Å². The maximum absolute atomic E-state index is 14.9. The lowest BCUT2D eigenvalue weighted by Gasteiger charge is -2.43. The van der Waals surface area contributed by atoms with E-state index in [1.54, 1.807) is 45.2 Å². The third-order valence-corrected chi connectivity index (χ3v) is 23.3. The molecule has 0 radical (unpaired) electrons. The zero-order valence-corrected chi connectivity index (χ0v) is 72.2. The Bertz CT molecular complexity index is 4150. The minimum Gasteiger partial charge on any atom is -0.460 e. The van der Waals surface area contributed by atoms with Crippen molar-refractivity contribution in [2.45, 2.75) is 238 Å². The van der Waals surface area contributed by atoms with Gasteiger partial charge in [0, 0.05) is 90.5 Å². The molecule has 0 spiro atoms. The largest absolute Gasteiger partial charge is 0.460 e. The van der Waals surface area contributed by atoms with Crippen molar-refractivity contribution in [1.82, 2.24) is 44.6 Å². The minimum atomic E-state index is -2.44. The number of nitrogens with zero attached hydrogens (tertiary/aromatic N) is 10. The Hall–Kier alpha value is -7.87. The van der Waals surface area contributed by atoms with Gasteiger partial charge in [0.25, 0.3) is 17.7 Å². The van der Waals surface area contributed by atoms with Crippen LogP contribution in [-0.2, 0) is 101 Å². The number of hydrogen-bond acceptors (Lipinski definition) is 30. The van der Waals surface area contributed by atoms with Gasteiger partial charge in [0.1, 0.15) is 59.2 Å². The number of hydrogen-bond donors (Lipinski definition) is 5. The van der Waals surface area contributed by atoms with Crippen LogP contribution in [0.2, 0.25) is 0 Å². The molecular weight excluding hydrogens is 1550 g/mol. The molecule has 1 amide bonds. The summed E-state index contributed by atoms with van der Waals surface area (Å²) < 4.78 is 79.9. The minimum absolute atomic E-state index is 0.0221. The van der Waals surface area contributed by atoms with E-state index in [0.717, 1.165) is 36.8 Å². The molecule has 2 bridgehead atoms. The summed E-state index contributed by atoms with van der Waals surface area (Å²) in [5.74, 6) is -6.14. The number of esters is 1. The van der Waals surface area contributed by atoms with Gasteiger partial charge in [-0.25, -0.2) is 24.1 Å². The van der Waals surface area contributed by atoms with Crippen molar-refractivity contribution in [3.05, 3.63) is 84.0 Å². The van der Waals surface area contributed by atoms with Crippen LogP contribution in [0.5, 0.6) is 0 Å². The normalized spacial score (nSPS) is 28.3. The number of benzene rings is 1. The average molecular weight is 1680 g/mol. The molecule has 16 atom stereocenters. The van der Waals surface area contributed by atoms with Gasteiger partial charge in [0.2, 0.25) is 5.79 Å². The second kappa shape index (κ2) is 49.4. The Morgan fingerprint density at radius 1 is 0.742 bits per heavy atom. The number of fused-ring (bicyclic) bond motifs is 5. The molecule has 3 aliphatic heterocycles. The number of oxazole rings is 1. The number of oxime groups is 1. The SMILES string of the molecule is CO[C@H]1C[C@@H]2CC[C@@H](C)[C@@](O)(O2)C(=O)C(=O)N2CCCC[C@H]2C(=O)OC([C@H](C)C[C@@H]2CC[C@@H](O)[C@H](OC)C2)C[C@@H](OC)[C@H](C)/C=C(\C)[C@@H](O)[C@@H](OC)/C(=N\OCc2cn(CCOCCOCCOCCOCCOCCOCCC(=O)CCCCCn3nc(-c4ccc5oc(N)nc5c4)c4c(N)ncnc43)nn2)[C@H](C)C[C@H](C)/C=C/C=C/C=C/1C. The van der Waals surface area contributed by atoms with Crippen LogP contribution in [0.4, 0.5) is 11.8 Å². The number of carbonyl (C=O) groups is 4. The number of ether oxygens (including phenoxy) is 12. The van der Waals surface area contributed by atoms with Crippen molar-refractivity contribution >= 4 is 63.1 Å². The van der Waals surface area contributed by atoms with Crippen LogP contribution in [0.3, 0.4) is 0 Å². The number of amides is 1. The number of aromatic nitrogens is 8. The molecule has 1 unspecified atom stereocenters. The lowest BCUT2D eigenvalue weighted by molar-refractivity contribution is -0.265. The number of aliphatic hydroxyl groups is 3. The molecular formula is C87H132N12O21. The molecule has 1 saturated carbocycles. The van der Waals surface area contributed by atoms with Crippen LogP contribution < -0.4 is 11.5 Å². The molecule has 1 aliphatic carbocycles. The maximum atomic E-state index is 14.9. The predicted octanol–water partition coefficient (Wildman–Crippen LogP) is 9.65. The summed E-state index contributed by atoms with van der Waals surface area (Å²) in [7, 11) is 6.32. The Morgan fingerprint density at radius 3 is 2.15 bits per heavy atom. The van der Waals surface area contributed by atoms with Crippen molar-refractivity contribution < 1.29 is 101 Å². The van der Waals surface area contributed by atoms with Crippen molar-refractivity contribution in [1.29, 1.82) is 0 Å². The number of cyclic esters (lactones) is 1. The molecule has 4 aliphatic rings. The third kappa shape index (κ3) is 28.3. The van der Waals surface area contributed by atoms with Crippen molar-refractivity contribution in [3.8, 4) is 11.3 Å². The average Bonchev–Trinajstić information content (AvgIpc) is 1.54. The highest BCUT2D eigenvalue weighted by Gasteiger charge is 2.53. The fourth-order valence-corrected chi connectivity index (χ4v) is 16.3. The van der Waals surface area contributed by atoms with Gasteiger partial charge >= 0.3 is 5.97 Å². The zero-order chi connectivity index (χ0) is 86.1. The smallest absolute Gasteiger partial charge is 0.329 e. The van der Waals surface area contributed by atoms with Crippen LogP contribution in [0.25, 0.3) is 33.4 Å². The molecule has 1 aromatic carbocycles. The van der Waals surface area contributed by atoms with E-state index in [2.05, 4.69) is 38.3 Å². The molecule has 7 N–H and O–H groups in total. The van der Waals surface area contributed by atoms with Crippen molar-refractivity contribution in [2.24, 2.45) is 40.7 Å². The van der Waals surface area contributed by atoms with Crippen LogP contribution in [0.1, 0.15) is 163 Å².